The summed E-state index contributed by atoms with van der Waals surface area (Å²) in [6.07, 6.45) is -1.82. The molecule has 0 bridgehead atoms. The number of hydrogen-bond donors (Lipinski definition) is 1. The Kier molecular flexibility index (Phi) is 3.91. The van der Waals surface area contributed by atoms with Gasteiger partial charge in [-0.25, -0.2) is 9.59 Å². The predicted octanol–water partition coefficient (Wildman–Crippen LogP) is 0.669. The second-order valence-electron chi connectivity index (χ2n) is 3.69. The molecule has 0 saturated carbocycles. The van der Waals surface area contributed by atoms with Crippen LogP contribution in [0.5, 0.6) is 0 Å². The minimum Gasteiger partial charge on any atom is -0.479 e. The highest BCUT2D eigenvalue weighted by Gasteiger charge is 2.32. The smallest absolute Gasteiger partial charge is 0.338 e. The fourth-order valence-electron chi connectivity index (χ4n) is 1.47. The van der Waals surface area contributed by atoms with E-state index < -0.39 is 24.3 Å². The number of carbonyl (C=O) groups is 2. The summed E-state index contributed by atoms with van der Waals surface area (Å²) in [5.74, 6) is -1.59. The van der Waals surface area contributed by atoms with Crippen molar-refractivity contribution in [1.29, 1.82) is 0 Å². The second-order valence-corrected chi connectivity index (χ2v) is 3.69. The van der Waals surface area contributed by atoms with E-state index in [0.29, 0.717) is 5.56 Å². The number of rotatable bonds is 4. The monoisotopic (exact) mass is 252 g/mol. The number of esters is 1. The maximum absolute atomic E-state index is 11.6. The minimum atomic E-state index is -1.09. The van der Waals surface area contributed by atoms with E-state index in [4.69, 9.17) is 19.3 Å². The SMILES string of the molecule is O=C(OC[C@H]1OC[C@@H](C(=O)O)O1)c1ccccc1. The third-order valence-electron chi connectivity index (χ3n) is 2.38. The van der Waals surface area contributed by atoms with E-state index >= 15 is 0 Å². The molecule has 0 spiro atoms. The second kappa shape index (κ2) is 5.61. The molecular weight excluding hydrogens is 240 g/mol. The Morgan fingerprint density at radius 2 is 2.06 bits per heavy atom. The number of carboxylic acid groups (broad SMARTS) is 1. The van der Waals surface area contributed by atoms with Gasteiger partial charge in [0.05, 0.1) is 12.2 Å². The Hall–Kier alpha value is -1.92. The van der Waals surface area contributed by atoms with Gasteiger partial charge in [0.25, 0.3) is 0 Å². The highest BCUT2D eigenvalue weighted by atomic mass is 16.7. The summed E-state index contributed by atoms with van der Waals surface area (Å²) in [6, 6.07) is 8.48. The van der Waals surface area contributed by atoms with Crippen LogP contribution in [0.4, 0.5) is 0 Å². The topological polar surface area (TPSA) is 82.1 Å². The summed E-state index contributed by atoms with van der Waals surface area (Å²) in [4.78, 5) is 22.2. The van der Waals surface area contributed by atoms with Crippen molar-refractivity contribution in [2.24, 2.45) is 0 Å². The van der Waals surface area contributed by atoms with Gasteiger partial charge in [0.2, 0.25) is 0 Å². The Balaban J connectivity index is 1.79. The average Bonchev–Trinajstić information content (AvgIpc) is 2.86. The van der Waals surface area contributed by atoms with Crippen LogP contribution in [0.25, 0.3) is 0 Å². The molecule has 0 aromatic heterocycles. The van der Waals surface area contributed by atoms with Crippen molar-refractivity contribution in [3.8, 4) is 0 Å². The molecule has 0 radical (unpaired) electrons. The lowest BCUT2D eigenvalue weighted by Crippen LogP contribution is -2.25. The van der Waals surface area contributed by atoms with Crippen molar-refractivity contribution in [3.63, 3.8) is 0 Å². The first-order chi connectivity index (χ1) is 8.66. The van der Waals surface area contributed by atoms with Gasteiger partial charge in [0, 0.05) is 0 Å². The van der Waals surface area contributed by atoms with Crippen LogP contribution in [0.15, 0.2) is 30.3 Å². The van der Waals surface area contributed by atoms with Gasteiger partial charge in [-0.3, -0.25) is 0 Å². The van der Waals surface area contributed by atoms with Crippen molar-refractivity contribution < 1.29 is 28.9 Å². The third-order valence-corrected chi connectivity index (χ3v) is 2.38. The van der Waals surface area contributed by atoms with E-state index in [9.17, 15) is 9.59 Å². The number of carbonyl (C=O) groups excluding carboxylic acids is 1. The largest absolute Gasteiger partial charge is 0.479 e. The molecule has 2 rings (SSSR count). The lowest BCUT2D eigenvalue weighted by Gasteiger charge is -2.10. The van der Waals surface area contributed by atoms with E-state index in [-0.39, 0.29) is 13.2 Å². The molecule has 1 N–H and O–H groups in total. The van der Waals surface area contributed by atoms with E-state index in [1.807, 2.05) is 0 Å². The molecule has 1 saturated heterocycles. The average molecular weight is 252 g/mol. The fraction of sp³-hybridized carbons (Fsp3) is 0.333. The van der Waals surface area contributed by atoms with Crippen LogP contribution in [-0.2, 0) is 19.0 Å². The highest BCUT2D eigenvalue weighted by Crippen LogP contribution is 2.12. The summed E-state index contributed by atoms with van der Waals surface area (Å²) in [5.41, 5.74) is 0.422. The molecule has 6 heteroatoms. The number of carboxylic acids is 1. The molecule has 6 nitrogen and oxygen atoms in total. The molecule has 1 fully saturated rings. The van der Waals surface area contributed by atoms with Gasteiger partial charge >= 0.3 is 11.9 Å². The molecule has 1 aliphatic rings. The van der Waals surface area contributed by atoms with Crippen molar-refractivity contribution in [2.45, 2.75) is 12.4 Å². The van der Waals surface area contributed by atoms with Gasteiger partial charge in [-0.05, 0) is 12.1 Å². The van der Waals surface area contributed by atoms with Crippen LogP contribution in [0.2, 0.25) is 0 Å². The standard InChI is InChI=1S/C12H12O6/c13-11(14)9-6-16-10(18-9)7-17-12(15)8-4-2-1-3-5-8/h1-5,9-10H,6-7H2,(H,13,14)/t9-,10-/m0/s1. The molecule has 96 valence electrons. The first-order valence-corrected chi connectivity index (χ1v) is 5.39. The van der Waals surface area contributed by atoms with Crippen molar-refractivity contribution in [2.75, 3.05) is 13.2 Å². The van der Waals surface area contributed by atoms with E-state index in [1.54, 1.807) is 30.3 Å². The lowest BCUT2D eigenvalue weighted by molar-refractivity contribution is -0.152. The van der Waals surface area contributed by atoms with Gasteiger partial charge in [-0.15, -0.1) is 0 Å². The van der Waals surface area contributed by atoms with Crippen LogP contribution in [0.3, 0.4) is 0 Å². The van der Waals surface area contributed by atoms with Crippen molar-refractivity contribution in [1.82, 2.24) is 0 Å². The molecule has 1 aliphatic heterocycles. The van der Waals surface area contributed by atoms with E-state index in [1.165, 1.54) is 0 Å². The normalized spacial score (nSPS) is 22.7. The van der Waals surface area contributed by atoms with Gasteiger partial charge in [0.15, 0.2) is 12.4 Å². The first-order valence-electron chi connectivity index (χ1n) is 5.39. The summed E-state index contributed by atoms with van der Waals surface area (Å²) < 4.78 is 15.0. The van der Waals surface area contributed by atoms with Crippen LogP contribution in [0, 0.1) is 0 Å². The zero-order chi connectivity index (χ0) is 13.0. The maximum Gasteiger partial charge on any atom is 0.338 e. The molecule has 1 aromatic carbocycles. The summed E-state index contributed by atoms with van der Waals surface area (Å²) in [7, 11) is 0. The molecular formula is C12H12O6. The maximum atomic E-state index is 11.6. The molecule has 0 amide bonds. The number of ether oxygens (including phenoxy) is 3. The summed E-state index contributed by atoms with van der Waals surface area (Å²) >= 11 is 0. The van der Waals surface area contributed by atoms with Crippen LogP contribution >= 0.6 is 0 Å². The predicted molar refractivity (Wildman–Crippen MR) is 59.0 cm³/mol. The molecule has 2 atom stereocenters. The van der Waals surface area contributed by atoms with E-state index in [0.717, 1.165) is 0 Å². The van der Waals surface area contributed by atoms with Gasteiger partial charge in [-0.2, -0.15) is 0 Å². The molecule has 0 unspecified atom stereocenters. The Labute approximate surface area is 103 Å². The van der Waals surface area contributed by atoms with Crippen LogP contribution in [-0.4, -0.2) is 42.7 Å². The third kappa shape index (κ3) is 3.06. The number of aliphatic carboxylic acids is 1. The number of benzene rings is 1. The quantitative estimate of drug-likeness (QED) is 0.793. The van der Waals surface area contributed by atoms with Crippen molar-refractivity contribution in [3.05, 3.63) is 35.9 Å². The molecule has 0 aliphatic carbocycles. The van der Waals surface area contributed by atoms with Gasteiger partial charge in [-0.1, -0.05) is 18.2 Å². The van der Waals surface area contributed by atoms with E-state index in [2.05, 4.69) is 0 Å². The molecule has 1 aromatic rings. The van der Waals surface area contributed by atoms with Crippen LogP contribution in [0.1, 0.15) is 10.4 Å². The Bertz CT molecular complexity index is 429. The lowest BCUT2D eigenvalue weighted by atomic mass is 10.2. The molecule has 1 heterocycles. The first kappa shape index (κ1) is 12.5. The Morgan fingerprint density at radius 1 is 1.33 bits per heavy atom. The zero-order valence-corrected chi connectivity index (χ0v) is 9.44. The van der Waals surface area contributed by atoms with Crippen molar-refractivity contribution >= 4 is 11.9 Å². The molecule has 18 heavy (non-hydrogen) atoms. The minimum absolute atomic E-state index is 0.0388. The summed E-state index contributed by atoms with van der Waals surface area (Å²) in [5, 5.41) is 8.67. The van der Waals surface area contributed by atoms with Gasteiger partial charge < -0.3 is 19.3 Å². The Morgan fingerprint density at radius 3 is 2.67 bits per heavy atom. The highest BCUT2D eigenvalue weighted by molar-refractivity contribution is 5.89. The van der Waals surface area contributed by atoms with Crippen LogP contribution < -0.4 is 0 Å². The zero-order valence-electron chi connectivity index (χ0n) is 9.44. The summed E-state index contributed by atoms with van der Waals surface area (Å²) in [6.45, 7) is -0.166. The number of hydrogen-bond acceptors (Lipinski definition) is 5. The fourth-order valence-corrected chi connectivity index (χ4v) is 1.47. The van der Waals surface area contributed by atoms with Gasteiger partial charge in [0.1, 0.15) is 6.61 Å².